The Labute approximate surface area is 179 Å². The van der Waals surface area contributed by atoms with Crippen molar-refractivity contribution in [1.29, 1.82) is 0 Å². The van der Waals surface area contributed by atoms with Gasteiger partial charge in [0.1, 0.15) is 17.2 Å². The Morgan fingerprint density at radius 2 is 1.79 bits per heavy atom. The topological polar surface area (TPSA) is 40.6 Å². The number of benzene rings is 2. The summed E-state index contributed by atoms with van der Waals surface area (Å²) < 4.78 is 13.8. The van der Waals surface area contributed by atoms with Crippen LogP contribution in [0.2, 0.25) is 5.02 Å². The second-order valence-electron chi connectivity index (χ2n) is 8.57. The molecule has 1 unspecified atom stereocenters. The van der Waals surface area contributed by atoms with Gasteiger partial charge in [-0.2, -0.15) is 0 Å². The van der Waals surface area contributed by atoms with E-state index >= 15 is 0 Å². The van der Waals surface area contributed by atoms with Crippen LogP contribution < -0.4 is 4.90 Å². The van der Waals surface area contributed by atoms with Gasteiger partial charge in [0.25, 0.3) is 0 Å². The van der Waals surface area contributed by atoms with Gasteiger partial charge in [-0.3, -0.25) is 4.79 Å². The molecule has 1 saturated carbocycles. The number of nitrogens with zero attached hydrogens (tertiary/aromatic N) is 2. The van der Waals surface area contributed by atoms with Crippen LogP contribution >= 0.6 is 11.6 Å². The molecule has 1 aliphatic carbocycles. The van der Waals surface area contributed by atoms with Crippen LogP contribution in [0.1, 0.15) is 36.3 Å². The number of hydrogen-bond acceptors (Lipinski definition) is 2. The summed E-state index contributed by atoms with van der Waals surface area (Å²) in [5.74, 6) is 0.938. The molecule has 2 aliphatic heterocycles. The van der Waals surface area contributed by atoms with Crippen LogP contribution in [0.5, 0.6) is 0 Å². The van der Waals surface area contributed by atoms with E-state index in [1.807, 2.05) is 29.2 Å². The number of halogens is 1. The molecule has 0 bridgehead atoms. The molecule has 2 aromatic rings. The maximum atomic E-state index is 13.7. The third-order valence-electron chi connectivity index (χ3n) is 6.97. The first-order valence-corrected chi connectivity index (χ1v) is 12.4. The van der Waals surface area contributed by atoms with E-state index in [2.05, 4.69) is 28.6 Å². The average molecular weight is 430 g/mol. The Kier molecular flexibility index (Phi) is 4.80. The van der Waals surface area contributed by atoms with Gasteiger partial charge in [0.15, 0.2) is 0 Å². The SMILES string of the molecule is C[SH+](=O)N1CCC(CN2C(=O)[C@@]3(C[C@H]3c3ccc(Cl)cc3)c3ccccc32)CC1. The Hall–Kier alpha value is -1.69. The molecule has 3 atom stereocenters. The molecule has 4 nitrogen and oxygen atoms in total. The summed E-state index contributed by atoms with van der Waals surface area (Å²) in [6.45, 7) is 2.48. The van der Waals surface area contributed by atoms with Gasteiger partial charge in [-0.25, -0.2) is 0 Å². The van der Waals surface area contributed by atoms with Crippen LogP contribution in [0, 0.1) is 5.92 Å². The van der Waals surface area contributed by atoms with Crippen molar-refractivity contribution >= 4 is 34.2 Å². The van der Waals surface area contributed by atoms with Gasteiger partial charge >= 0.3 is 0 Å². The highest BCUT2D eigenvalue weighted by molar-refractivity contribution is 7.81. The van der Waals surface area contributed by atoms with Crippen molar-refractivity contribution in [2.75, 3.05) is 30.8 Å². The summed E-state index contributed by atoms with van der Waals surface area (Å²) in [6, 6.07) is 16.2. The van der Waals surface area contributed by atoms with Gasteiger partial charge in [-0.15, -0.1) is 4.31 Å². The fraction of sp³-hybridized carbons (Fsp3) is 0.435. The number of anilines is 1. The van der Waals surface area contributed by atoms with E-state index in [1.165, 1.54) is 11.1 Å². The number of amides is 1. The minimum atomic E-state index is -1.25. The van der Waals surface area contributed by atoms with E-state index < -0.39 is 16.4 Å². The largest absolute Gasteiger partial charge is 0.311 e. The Bertz CT molecular complexity index is 971. The third kappa shape index (κ3) is 3.15. The summed E-state index contributed by atoms with van der Waals surface area (Å²) in [5.41, 5.74) is 3.05. The minimum Gasteiger partial charge on any atom is -0.311 e. The Morgan fingerprint density at radius 3 is 2.48 bits per heavy atom. The maximum Gasteiger partial charge on any atom is 0.238 e. The van der Waals surface area contributed by atoms with Gasteiger partial charge in [0, 0.05) is 36.3 Å². The molecule has 0 aromatic heterocycles. The predicted octanol–water partition coefficient (Wildman–Crippen LogP) is 4.06. The molecule has 2 fully saturated rings. The van der Waals surface area contributed by atoms with Gasteiger partial charge in [0.05, 0.1) is 5.41 Å². The molecule has 1 amide bonds. The summed E-state index contributed by atoms with van der Waals surface area (Å²) >= 11 is 6.06. The molecule has 1 saturated heterocycles. The molecule has 6 heteroatoms. The summed E-state index contributed by atoms with van der Waals surface area (Å²) in [4.78, 5) is 15.7. The number of thiol groups is 1. The second kappa shape index (κ2) is 7.22. The first-order chi connectivity index (χ1) is 14.0. The minimum absolute atomic E-state index is 0.226. The van der Waals surface area contributed by atoms with E-state index in [1.54, 1.807) is 6.26 Å². The number of hydrogen-bond donors (Lipinski definition) is 0. The molecular weight excluding hydrogens is 404 g/mol. The lowest BCUT2D eigenvalue weighted by Gasteiger charge is -2.30. The fourth-order valence-electron chi connectivity index (χ4n) is 5.27. The molecule has 0 N–H and O–H groups in total. The number of fused-ring (bicyclic) bond motifs is 2. The summed E-state index contributed by atoms with van der Waals surface area (Å²) in [5, 5.41) is 0.725. The molecule has 152 valence electrons. The van der Waals surface area contributed by atoms with Crippen molar-refractivity contribution in [3.8, 4) is 0 Å². The van der Waals surface area contributed by atoms with E-state index in [4.69, 9.17) is 11.6 Å². The lowest BCUT2D eigenvalue weighted by atomic mass is 9.92. The van der Waals surface area contributed by atoms with Crippen molar-refractivity contribution in [2.24, 2.45) is 5.92 Å². The van der Waals surface area contributed by atoms with Crippen molar-refractivity contribution in [1.82, 2.24) is 4.31 Å². The smallest absolute Gasteiger partial charge is 0.238 e. The lowest BCUT2D eigenvalue weighted by Crippen LogP contribution is -2.41. The molecule has 2 heterocycles. The zero-order valence-electron chi connectivity index (χ0n) is 16.6. The molecule has 1 spiro atoms. The third-order valence-corrected chi connectivity index (χ3v) is 8.41. The van der Waals surface area contributed by atoms with E-state index in [0.717, 1.165) is 49.6 Å². The molecule has 29 heavy (non-hydrogen) atoms. The highest BCUT2D eigenvalue weighted by Gasteiger charge is 2.67. The summed E-state index contributed by atoms with van der Waals surface area (Å²) in [6.07, 6.45) is 4.64. The van der Waals surface area contributed by atoms with E-state index in [0.29, 0.717) is 5.92 Å². The summed E-state index contributed by atoms with van der Waals surface area (Å²) in [7, 11) is -1.25. The molecule has 3 aliphatic rings. The van der Waals surface area contributed by atoms with E-state index in [-0.39, 0.29) is 11.8 Å². The monoisotopic (exact) mass is 429 g/mol. The molecule has 2 aromatic carbocycles. The highest BCUT2D eigenvalue weighted by atomic mass is 35.5. The number of carbonyl (C=O) groups excluding carboxylic acids is 1. The fourth-order valence-corrected chi connectivity index (χ4v) is 6.19. The lowest BCUT2D eigenvalue weighted by molar-refractivity contribution is -0.120. The standard InChI is InChI=1S/C23H25ClN2O2S/c1-29(28)25-12-10-16(11-13-25)15-26-21-5-3-2-4-19(21)23(22(26)27)14-20(23)17-6-8-18(24)9-7-17/h2-9,16,20H,10-15H2,1H3/p+1/t20-,23-,29?/m0/s1. The maximum absolute atomic E-state index is 13.7. The van der Waals surface area contributed by atoms with Gasteiger partial charge < -0.3 is 4.90 Å². The van der Waals surface area contributed by atoms with Crippen molar-refractivity contribution in [2.45, 2.75) is 30.6 Å². The van der Waals surface area contributed by atoms with Crippen molar-refractivity contribution in [3.05, 3.63) is 64.7 Å². The molecule has 5 rings (SSSR count). The van der Waals surface area contributed by atoms with Crippen molar-refractivity contribution in [3.63, 3.8) is 0 Å². The van der Waals surface area contributed by atoms with Crippen molar-refractivity contribution < 1.29 is 9.00 Å². The Morgan fingerprint density at radius 1 is 1.10 bits per heavy atom. The molecular formula is C23H26ClN2O2S+. The van der Waals surface area contributed by atoms with Gasteiger partial charge in [0.2, 0.25) is 5.91 Å². The zero-order valence-corrected chi connectivity index (χ0v) is 18.2. The van der Waals surface area contributed by atoms with Crippen LogP contribution in [0.25, 0.3) is 0 Å². The average Bonchev–Trinajstić information content (AvgIpc) is 3.44. The quantitative estimate of drug-likeness (QED) is 0.543. The van der Waals surface area contributed by atoms with Crippen LogP contribution in [-0.4, -0.2) is 36.1 Å². The number of para-hydroxylation sites is 1. The highest BCUT2D eigenvalue weighted by Crippen LogP contribution is 2.66. The van der Waals surface area contributed by atoms with Crippen LogP contribution in [0.4, 0.5) is 5.69 Å². The first kappa shape index (κ1) is 19.3. The zero-order chi connectivity index (χ0) is 20.2. The number of piperidine rings is 1. The first-order valence-electron chi connectivity index (χ1n) is 10.3. The predicted molar refractivity (Wildman–Crippen MR) is 119 cm³/mol. The van der Waals surface area contributed by atoms with E-state index in [9.17, 15) is 9.00 Å². The van der Waals surface area contributed by atoms with Crippen LogP contribution in [0.3, 0.4) is 0 Å². The van der Waals surface area contributed by atoms with Crippen LogP contribution in [-0.2, 0) is 25.4 Å². The van der Waals surface area contributed by atoms with Gasteiger partial charge in [-0.05, 0) is 54.5 Å². The number of rotatable bonds is 4. The van der Waals surface area contributed by atoms with Gasteiger partial charge in [-0.1, -0.05) is 46.1 Å². The molecule has 0 radical (unpaired) electrons. The Balaban J connectivity index is 1.39. The van der Waals surface area contributed by atoms with Crippen LogP contribution in [0.15, 0.2) is 48.5 Å². The normalized spacial score (nSPS) is 28.0. The number of carbonyl (C=O) groups is 1. The second-order valence-corrected chi connectivity index (χ2v) is 10.5.